The van der Waals surface area contributed by atoms with Crippen LogP contribution in [0.15, 0.2) is 60.8 Å². The second-order valence-corrected chi connectivity index (χ2v) is 9.20. The molecular formula is C25H24ClN3O5. The van der Waals surface area contributed by atoms with Gasteiger partial charge >= 0.3 is 12.0 Å². The predicted molar refractivity (Wildman–Crippen MR) is 124 cm³/mol. The number of hydrogen-bond acceptors (Lipinski definition) is 5. The van der Waals surface area contributed by atoms with E-state index in [2.05, 4.69) is 5.10 Å². The largest absolute Gasteiger partial charge is 0.476 e. The van der Waals surface area contributed by atoms with E-state index >= 15 is 0 Å². The molecule has 2 aromatic carbocycles. The summed E-state index contributed by atoms with van der Waals surface area (Å²) in [6.45, 7) is 1.77. The number of aromatic nitrogens is 2. The number of rotatable bonds is 6. The number of halogens is 1. The van der Waals surface area contributed by atoms with Crippen molar-refractivity contribution in [2.45, 2.75) is 25.6 Å². The summed E-state index contributed by atoms with van der Waals surface area (Å²) in [6, 6.07) is 16.1. The summed E-state index contributed by atoms with van der Waals surface area (Å²) in [5.74, 6) is 1.07. The monoisotopic (exact) mass is 481 g/mol. The van der Waals surface area contributed by atoms with Gasteiger partial charge < -0.3 is 19.5 Å². The Morgan fingerprint density at radius 2 is 1.76 bits per heavy atom. The van der Waals surface area contributed by atoms with Gasteiger partial charge in [-0.2, -0.15) is 9.78 Å². The van der Waals surface area contributed by atoms with E-state index in [1.54, 1.807) is 17.0 Å². The molecule has 3 atom stereocenters. The Balaban J connectivity index is 1.11. The average Bonchev–Trinajstić information content (AvgIpc) is 3.54. The lowest BCUT2D eigenvalue weighted by Gasteiger charge is -2.19. The van der Waals surface area contributed by atoms with Crippen molar-refractivity contribution < 1.29 is 24.2 Å². The van der Waals surface area contributed by atoms with Crippen LogP contribution in [0.2, 0.25) is 5.02 Å². The molecule has 34 heavy (non-hydrogen) atoms. The molecule has 1 saturated carbocycles. The molecule has 3 aromatic rings. The molecule has 0 bridgehead atoms. The van der Waals surface area contributed by atoms with E-state index < -0.39 is 5.97 Å². The maximum atomic E-state index is 12.7. The maximum Gasteiger partial charge on any atom is 0.356 e. The third-order valence-electron chi connectivity index (χ3n) is 6.42. The zero-order valence-corrected chi connectivity index (χ0v) is 19.1. The second-order valence-electron chi connectivity index (χ2n) is 8.77. The number of fused-ring (bicyclic) bond motifs is 1. The number of carbonyl (C=O) groups is 2. The van der Waals surface area contributed by atoms with Crippen LogP contribution < -0.4 is 4.74 Å². The van der Waals surface area contributed by atoms with E-state index in [9.17, 15) is 9.59 Å². The van der Waals surface area contributed by atoms with Gasteiger partial charge in [0.15, 0.2) is 5.69 Å². The minimum Gasteiger partial charge on any atom is -0.476 e. The summed E-state index contributed by atoms with van der Waals surface area (Å²) >= 11 is 5.93. The highest BCUT2D eigenvalue weighted by molar-refractivity contribution is 6.30. The van der Waals surface area contributed by atoms with Crippen LogP contribution in [-0.2, 0) is 11.3 Å². The minimum atomic E-state index is -1.15. The summed E-state index contributed by atoms with van der Waals surface area (Å²) in [7, 11) is 0. The average molecular weight is 482 g/mol. The molecule has 0 spiro atoms. The summed E-state index contributed by atoms with van der Waals surface area (Å²) in [5.41, 5.74) is 0.900. The van der Waals surface area contributed by atoms with Gasteiger partial charge in [0.2, 0.25) is 0 Å². The molecule has 2 aliphatic rings. The summed E-state index contributed by atoms with van der Waals surface area (Å²) in [5, 5.41) is 13.5. The number of carboxylic acid groups (broad SMARTS) is 1. The Labute approximate surface area is 201 Å². The predicted octanol–water partition coefficient (Wildman–Crippen LogP) is 4.92. The molecule has 176 valence electrons. The van der Waals surface area contributed by atoms with E-state index in [0.29, 0.717) is 36.6 Å². The summed E-state index contributed by atoms with van der Waals surface area (Å²) in [6.07, 6.45) is 3.34. The first kappa shape index (κ1) is 22.4. The Bertz CT molecular complexity index is 1180. The smallest absolute Gasteiger partial charge is 0.356 e. The molecule has 2 fully saturated rings. The first-order valence-corrected chi connectivity index (χ1v) is 11.5. The van der Waals surface area contributed by atoms with Crippen LogP contribution in [0.1, 0.15) is 28.9 Å². The molecule has 1 aliphatic heterocycles. The zero-order valence-electron chi connectivity index (χ0n) is 18.3. The number of amides is 1. The van der Waals surface area contributed by atoms with E-state index in [0.717, 1.165) is 34.6 Å². The Hall–Kier alpha value is -3.36. The molecule has 8 nitrogen and oxygen atoms in total. The molecule has 1 saturated heterocycles. The normalized spacial score (nSPS) is 21.4. The van der Waals surface area contributed by atoms with Gasteiger partial charge in [-0.15, -0.1) is 0 Å². The van der Waals surface area contributed by atoms with E-state index in [1.807, 2.05) is 36.4 Å². The van der Waals surface area contributed by atoms with Crippen LogP contribution in [0, 0.1) is 11.8 Å². The molecule has 1 aromatic heterocycles. The summed E-state index contributed by atoms with van der Waals surface area (Å²) < 4.78 is 13.2. The first-order valence-electron chi connectivity index (χ1n) is 11.2. The molecule has 5 rings (SSSR count). The number of carboxylic acids is 1. The molecule has 1 amide bonds. The van der Waals surface area contributed by atoms with Crippen molar-refractivity contribution in [3.05, 3.63) is 77.1 Å². The minimum absolute atomic E-state index is 0.135. The number of likely N-dealkylation sites (tertiary alicyclic amines) is 1. The van der Waals surface area contributed by atoms with Crippen molar-refractivity contribution in [2.24, 2.45) is 11.8 Å². The van der Waals surface area contributed by atoms with E-state index in [1.165, 1.54) is 12.3 Å². The fraction of sp³-hybridized carbons (Fsp3) is 0.320. The van der Waals surface area contributed by atoms with Gasteiger partial charge in [0.1, 0.15) is 11.5 Å². The molecule has 1 N–H and O–H groups in total. The highest BCUT2D eigenvalue weighted by Gasteiger charge is 2.43. The van der Waals surface area contributed by atoms with E-state index in [4.69, 9.17) is 26.2 Å². The van der Waals surface area contributed by atoms with Crippen molar-refractivity contribution >= 4 is 23.6 Å². The van der Waals surface area contributed by atoms with Crippen molar-refractivity contribution in [3.8, 4) is 11.5 Å². The number of hydrogen-bond donors (Lipinski definition) is 1. The van der Waals surface area contributed by atoms with Crippen molar-refractivity contribution in [3.63, 3.8) is 0 Å². The fourth-order valence-corrected chi connectivity index (χ4v) is 4.90. The Morgan fingerprint density at radius 3 is 2.44 bits per heavy atom. The molecular weight excluding hydrogens is 458 g/mol. The molecule has 0 radical (unpaired) electrons. The lowest BCUT2D eigenvalue weighted by Crippen LogP contribution is -2.34. The number of nitrogens with zero attached hydrogens (tertiary/aromatic N) is 3. The lowest BCUT2D eigenvalue weighted by molar-refractivity contribution is 0.0382. The molecule has 2 heterocycles. The van der Waals surface area contributed by atoms with Crippen LogP contribution in [0.25, 0.3) is 0 Å². The standard InChI is InChI=1S/C25H24ClN3O5/c26-19-4-6-20(7-5-19)34-21-3-1-2-16(10-21)15-33-22-11-17-13-28(14-18(17)12-22)25(32)29-9-8-23(27-29)24(30)31/h1-10,17-18,22H,11-15H2,(H,30,31)/t17-,18+,22+. The third-order valence-corrected chi connectivity index (χ3v) is 6.67. The molecule has 0 unspecified atom stereocenters. The van der Waals surface area contributed by atoms with Gasteiger partial charge in [-0.1, -0.05) is 23.7 Å². The molecule has 9 heteroatoms. The second kappa shape index (κ2) is 9.48. The number of benzene rings is 2. The summed E-state index contributed by atoms with van der Waals surface area (Å²) in [4.78, 5) is 25.4. The van der Waals surface area contributed by atoms with Crippen molar-refractivity contribution in [1.82, 2.24) is 14.7 Å². The first-order chi connectivity index (χ1) is 16.4. The highest BCUT2D eigenvalue weighted by Crippen LogP contribution is 2.40. The Morgan fingerprint density at radius 1 is 1.03 bits per heavy atom. The van der Waals surface area contributed by atoms with Crippen LogP contribution in [-0.4, -0.2) is 51.0 Å². The van der Waals surface area contributed by atoms with Gasteiger partial charge in [0.25, 0.3) is 0 Å². The maximum absolute atomic E-state index is 12.7. The third kappa shape index (κ3) is 4.93. The zero-order chi connectivity index (χ0) is 23.7. The quantitative estimate of drug-likeness (QED) is 0.537. The van der Waals surface area contributed by atoms with Gasteiger partial charge in [-0.25, -0.2) is 9.59 Å². The van der Waals surface area contributed by atoms with Crippen LogP contribution in [0.5, 0.6) is 11.5 Å². The van der Waals surface area contributed by atoms with Gasteiger partial charge in [0, 0.05) is 24.3 Å². The van der Waals surface area contributed by atoms with Gasteiger partial charge in [-0.05, 0) is 72.7 Å². The number of aromatic carboxylic acids is 1. The van der Waals surface area contributed by atoms with Crippen molar-refractivity contribution in [2.75, 3.05) is 13.1 Å². The van der Waals surface area contributed by atoms with Gasteiger partial charge in [0.05, 0.1) is 12.7 Å². The Kier molecular flexibility index (Phi) is 6.26. The molecule has 1 aliphatic carbocycles. The topological polar surface area (TPSA) is 93.9 Å². The number of carbonyl (C=O) groups excluding carboxylic acids is 1. The van der Waals surface area contributed by atoms with E-state index in [-0.39, 0.29) is 17.8 Å². The lowest BCUT2D eigenvalue weighted by atomic mass is 10.0. The SMILES string of the molecule is O=C(O)c1ccn(C(=O)N2C[C@H]3C[C@H](OCc4cccc(Oc5ccc(Cl)cc5)c4)C[C@H]3C2)n1. The van der Waals surface area contributed by atoms with Gasteiger partial charge in [-0.3, -0.25) is 0 Å². The van der Waals surface area contributed by atoms with Crippen LogP contribution in [0.4, 0.5) is 4.79 Å². The van der Waals surface area contributed by atoms with Crippen LogP contribution in [0.3, 0.4) is 0 Å². The fourth-order valence-electron chi connectivity index (χ4n) is 4.78. The van der Waals surface area contributed by atoms with Crippen molar-refractivity contribution in [1.29, 1.82) is 0 Å². The highest BCUT2D eigenvalue weighted by atomic mass is 35.5. The van der Waals surface area contributed by atoms with Crippen LogP contribution >= 0.6 is 11.6 Å². The number of ether oxygens (including phenoxy) is 2.